The summed E-state index contributed by atoms with van der Waals surface area (Å²) in [6.45, 7) is 8.82. The van der Waals surface area contributed by atoms with E-state index in [1.165, 1.54) is 24.4 Å². The second kappa shape index (κ2) is 7.14. The van der Waals surface area contributed by atoms with Crippen LogP contribution in [0.25, 0.3) is 0 Å². The van der Waals surface area contributed by atoms with Gasteiger partial charge >= 0.3 is 0 Å². The molecule has 0 unspecified atom stereocenters. The van der Waals surface area contributed by atoms with E-state index in [1.54, 1.807) is 0 Å². The normalized spacial score (nSPS) is 17.8. The van der Waals surface area contributed by atoms with Crippen LogP contribution in [0.4, 0.5) is 11.6 Å². The van der Waals surface area contributed by atoms with E-state index in [1.807, 2.05) is 18.7 Å². The van der Waals surface area contributed by atoms with Crippen LogP contribution in [0, 0.1) is 13.8 Å². The Hall–Kier alpha value is -2.29. The second-order valence-corrected chi connectivity index (χ2v) is 7.55. The lowest BCUT2D eigenvalue weighted by molar-refractivity contribution is 0.0750. The highest BCUT2D eigenvalue weighted by molar-refractivity contribution is 7.07. The third-order valence-electron chi connectivity index (χ3n) is 4.98. The van der Waals surface area contributed by atoms with Gasteiger partial charge in [-0.15, -0.1) is 5.10 Å². The fraction of sp³-hybridized carbons (Fsp3) is 0.588. The highest BCUT2D eigenvalue weighted by atomic mass is 32.1. The molecule has 2 aromatic rings. The van der Waals surface area contributed by atoms with Crippen molar-refractivity contribution in [1.82, 2.24) is 24.5 Å². The van der Waals surface area contributed by atoms with E-state index >= 15 is 0 Å². The Morgan fingerprint density at radius 2 is 1.58 bits per heavy atom. The van der Waals surface area contributed by atoms with Crippen molar-refractivity contribution in [2.24, 2.45) is 0 Å². The molecular weight excluding hydrogens is 350 g/mol. The number of piperazine rings is 1. The molecule has 8 nitrogen and oxygen atoms in total. The number of aromatic nitrogens is 4. The van der Waals surface area contributed by atoms with Crippen LogP contribution in [0.15, 0.2) is 6.07 Å². The molecule has 9 heteroatoms. The Kier molecular flexibility index (Phi) is 4.71. The van der Waals surface area contributed by atoms with Crippen molar-refractivity contribution in [3.8, 4) is 0 Å². The van der Waals surface area contributed by atoms with Gasteiger partial charge in [-0.1, -0.05) is 4.49 Å². The van der Waals surface area contributed by atoms with Gasteiger partial charge in [0.2, 0.25) is 0 Å². The van der Waals surface area contributed by atoms with Crippen molar-refractivity contribution >= 4 is 29.1 Å². The third-order valence-corrected chi connectivity index (χ3v) is 5.79. The lowest BCUT2D eigenvalue weighted by atomic mass is 10.2. The standard InChI is InChI=1S/C17H23N7OS/c1-12-16(26-21-20-12)17(25)24-9-7-23(8-10-24)15-11-14(18-13(2)19-15)22-5-3-4-6-22/h11H,3-10H2,1-2H3. The zero-order valence-electron chi connectivity index (χ0n) is 15.2. The SMILES string of the molecule is Cc1nc(N2CCCC2)cc(N2CCN(C(=O)c3snnc3C)CC2)n1. The Labute approximate surface area is 157 Å². The summed E-state index contributed by atoms with van der Waals surface area (Å²) in [6, 6.07) is 2.09. The smallest absolute Gasteiger partial charge is 0.267 e. The maximum Gasteiger partial charge on any atom is 0.267 e. The molecule has 0 aromatic carbocycles. The van der Waals surface area contributed by atoms with E-state index in [0.717, 1.165) is 43.6 Å². The predicted molar refractivity (Wildman–Crippen MR) is 101 cm³/mol. The minimum Gasteiger partial charge on any atom is -0.356 e. The first-order valence-electron chi connectivity index (χ1n) is 9.05. The average molecular weight is 373 g/mol. The summed E-state index contributed by atoms with van der Waals surface area (Å²) in [5.41, 5.74) is 0.712. The Morgan fingerprint density at radius 1 is 0.962 bits per heavy atom. The molecule has 0 N–H and O–H groups in total. The zero-order chi connectivity index (χ0) is 18.1. The second-order valence-electron chi connectivity index (χ2n) is 6.79. The molecule has 4 heterocycles. The number of aryl methyl sites for hydroxylation is 2. The van der Waals surface area contributed by atoms with E-state index < -0.39 is 0 Å². The first-order chi connectivity index (χ1) is 12.6. The van der Waals surface area contributed by atoms with Crippen LogP contribution in [-0.4, -0.2) is 69.6 Å². The van der Waals surface area contributed by atoms with Gasteiger partial charge in [-0.2, -0.15) is 0 Å². The van der Waals surface area contributed by atoms with Crippen molar-refractivity contribution in [2.45, 2.75) is 26.7 Å². The first-order valence-corrected chi connectivity index (χ1v) is 9.83. The molecule has 2 saturated heterocycles. The predicted octanol–water partition coefficient (Wildman–Crippen LogP) is 1.51. The molecule has 1 amide bonds. The number of carbonyl (C=O) groups is 1. The number of hydrogen-bond acceptors (Lipinski definition) is 8. The number of anilines is 2. The number of rotatable bonds is 3. The van der Waals surface area contributed by atoms with Crippen molar-refractivity contribution in [3.63, 3.8) is 0 Å². The van der Waals surface area contributed by atoms with Gasteiger partial charge in [0, 0.05) is 45.3 Å². The van der Waals surface area contributed by atoms with Crippen LogP contribution >= 0.6 is 11.5 Å². The summed E-state index contributed by atoms with van der Waals surface area (Å²) in [5, 5.41) is 3.94. The molecule has 0 saturated carbocycles. The van der Waals surface area contributed by atoms with E-state index in [-0.39, 0.29) is 5.91 Å². The topological polar surface area (TPSA) is 78.4 Å². The van der Waals surface area contributed by atoms with E-state index in [0.29, 0.717) is 23.7 Å². The van der Waals surface area contributed by atoms with Gasteiger partial charge in [0.25, 0.3) is 5.91 Å². The fourth-order valence-electron chi connectivity index (χ4n) is 3.52. The van der Waals surface area contributed by atoms with Gasteiger partial charge in [-0.05, 0) is 38.2 Å². The summed E-state index contributed by atoms with van der Waals surface area (Å²) in [5.74, 6) is 2.82. The molecule has 0 atom stereocenters. The molecule has 26 heavy (non-hydrogen) atoms. The highest BCUT2D eigenvalue weighted by Gasteiger charge is 2.26. The molecule has 0 bridgehead atoms. The summed E-state index contributed by atoms with van der Waals surface area (Å²) in [7, 11) is 0. The summed E-state index contributed by atoms with van der Waals surface area (Å²) in [4.78, 5) is 29.0. The average Bonchev–Trinajstić information content (AvgIpc) is 3.32. The van der Waals surface area contributed by atoms with Crippen molar-refractivity contribution in [2.75, 3.05) is 49.1 Å². The minimum absolute atomic E-state index is 0.0359. The van der Waals surface area contributed by atoms with Crippen molar-refractivity contribution in [3.05, 3.63) is 22.5 Å². The number of hydrogen-bond donors (Lipinski definition) is 0. The summed E-state index contributed by atoms with van der Waals surface area (Å²) >= 11 is 1.17. The van der Waals surface area contributed by atoms with Crippen LogP contribution < -0.4 is 9.80 Å². The number of nitrogens with zero attached hydrogens (tertiary/aromatic N) is 7. The maximum atomic E-state index is 12.6. The molecule has 2 aliphatic heterocycles. The van der Waals surface area contributed by atoms with Gasteiger partial charge in [0.15, 0.2) is 0 Å². The Bertz CT molecular complexity index is 794. The largest absolute Gasteiger partial charge is 0.356 e. The summed E-state index contributed by atoms with van der Waals surface area (Å²) in [6.07, 6.45) is 2.45. The van der Waals surface area contributed by atoms with Gasteiger partial charge in [-0.3, -0.25) is 4.79 Å². The molecule has 4 rings (SSSR count). The molecule has 0 aliphatic carbocycles. The lowest BCUT2D eigenvalue weighted by Gasteiger charge is -2.35. The zero-order valence-corrected chi connectivity index (χ0v) is 16.0. The molecule has 2 aliphatic rings. The van der Waals surface area contributed by atoms with Crippen molar-refractivity contribution < 1.29 is 4.79 Å². The van der Waals surface area contributed by atoms with Gasteiger partial charge in [0.05, 0.1) is 5.69 Å². The van der Waals surface area contributed by atoms with Crippen LogP contribution in [0.1, 0.15) is 34.0 Å². The Balaban J connectivity index is 1.45. The van der Waals surface area contributed by atoms with E-state index in [4.69, 9.17) is 0 Å². The van der Waals surface area contributed by atoms with Crippen LogP contribution in [-0.2, 0) is 0 Å². The molecule has 0 radical (unpaired) electrons. The van der Waals surface area contributed by atoms with E-state index in [9.17, 15) is 4.79 Å². The van der Waals surface area contributed by atoms with E-state index in [2.05, 4.69) is 35.4 Å². The minimum atomic E-state index is 0.0359. The molecule has 2 fully saturated rings. The van der Waals surface area contributed by atoms with Crippen LogP contribution in [0.5, 0.6) is 0 Å². The van der Waals surface area contributed by atoms with Crippen molar-refractivity contribution in [1.29, 1.82) is 0 Å². The first kappa shape index (κ1) is 17.1. The molecule has 138 valence electrons. The third kappa shape index (κ3) is 3.35. The maximum absolute atomic E-state index is 12.6. The molecular formula is C17H23N7OS. The van der Waals surface area contributed by atoms with Crippen LogP contribution in [0.2, 0.25) is 0 Å². The number of carbonyl (C=O) groups excluding carboxylic acids is 1. The number of amides is 1. The van der Waals surface area contributed by atoms with Gasteiger partial charge in [0.1, 0.15) is 22.3 Å². The summed E-state index contributed by atoms with van der Waals surface area (Å²) < 4.78 is 3.87. The van der Waals surface area contributed by atoms with Crippen LogP contribution in [0.3, 0.4) is 0 Å². The fourth-order valence-corrected chi connectivity index (χ4v) is 4.14. The monoisotopic (exact) mass is 373 g/mol. The molecule has 0 spiro atoms. The highest BCUT2D eigenvalue weighted by Crippen LogP contribution is 2.24. The quantitative estimate of drug-likeness (QED) is 0.807. The Morgan fingerprint density at radius 3 is 2.15 bits per heavy atom. The van der Waals surface area contributed by atoms with Gasteiger partial charge < -0.3 is 14.7 Å². The molecule has 2 aromatic heterocycles. The lowest BCUT2D eigenvalue weighted by Crippen LogP contribution is -2.49. The van der Waals surface area contributed by atoms with Gasteiger partial charge in [-0.25, -0.2) is 9.97 Å².